The molecule has 2 N–H and O–H groups in total. The van der Waals surface area contributed by atoms with Gasteiger partial charge < -0.3 is 5.32 Å². The van der Waals surface area contributed by atoms with Gasteiger partial charge in [-0.2, -0.15) is 0 Å². The molecule has 0 amide bonds. The van der Waals surface area contributed by atoms with Gasteiger partial charge in [-0.1, -0.05) is 12.2 Å². The molecule has 0 heterocycles. The fourth-order valence-corrected chi connectivity index (χ4v) is 3.51. The maximum absolute atomic E-state index is 11.1. The van der Waals surface area contributed by atoms with E-state index in [1.807, 2.05) is 12.1 Å². The molecule has 3 atom stereocenters. The molecule has 0 spiro atoms. The minimum Gasteiger partial charge on any atom is -0.382 e. The van der Waals surface area contributed by atoms with E-state index in [1.54, 1.807) is 12.1 Å². The molecule has 0 aromatic heterocycles. The SMILES string of the molecule is CS(=O)(=O)Nc1ccc(NC2CC3CC=CC32)cc1. The van der Waals surface area contributed by atoms with Gasteiger partial charge in [-0.15, -0.1) is 0 Å². The highest BCUT2D eigenvalue weighted by molar-refractivity contribution is 7.92. The Kier molecular flexibility index (Phi) is 3.01. The van der Waals surface area contributed by atoms with Crippen molar-refractivity contribution < 1.29 is 8.42 Å². The molecule has 0 radical (unpaired) electrons. The third kappa shape index (κ3) is 2.76. The van der Waals surface area contributed by atoms with Crippen molar-refractivity contribution >= 4 is 21.4 Å². The summed E-state index contributed by atoms with van der Waals surface area (Å²) in [7, 11) is -3.20. The summed E-state index contributed by atoms with van der Waals surface area (Å²) in [6.07, 6.45) is 8.18. The molecule has 1 saturated carbocycles. The smallest absolute Gasteiger partial charge is 0.229 e. The number of hydrogen-bond donors (Lipinski definition) is 2. The maximum Gasteiger partial charge on any atom is 0.229 e. The lowest BCUT2D eigenvalue weighted by atomic mass is 9.71. The number of allylic oxidation sites excluding steroid dienone is 1. The summed E-state index contributed by atoms with van der Waals surface area (Å²) in [5, 5.41) is 3.51. The first-order chi connectivity index (χ1) is 9.01. The predicted octanol–water partition coefficient (Wildman–Crippen LogP) is 2.43. The quantitative estimate of drug-likeness (QED) is 0.832. The van der Waals surface area contributed by atoms with Crippen molar-refractivity contribution in [3.63, 3.8) is 0 Å². The molecule has 19 heavy (non-hydrogen) atoms. The van der Waals surface area contributed by atoms with E-state index in [9.17, 15) is 8.42 Å². The Morgan fingerprint density at radius 3 is 2.47 bits per heavy atom. The molecule has 3 rings (SSSR count). The fourth-order valence-electron chi connectivity index (χ4n) is 2.95. The molecule has 1 aromatic carbocycles. The van der Waals surface area contributed by atoms with Gasteiger partial charge in [0.05, 0.1) is 6.26 Å². The zero-order chi connectivity index (χ0) is 13.5. The van der Waals surface area contributed by atoms with Crippen LogP contribution >= 0.6 is 0 Å². The highest BCUT2D eigenvalue weighted by atomic mass is 32.2. The molecule has 0 bridgehead atoms. The van der Waals surface area contributed by atoms with E-state index in [4.69, 9.17) is 0 Å². The monoisotopic (exact) mass is 278 g/mol. The van der Waals surface area contributed by atoms with Crippen LogP contribution in [0.2, 0.25) is 0 Å². The summed E-state index contributed by atoms with van der Waals surface area (Å²) < 4.78 is 24.7. The highest BCUT2D eigenvalue weighted by Gasteiger charge is 2.40. The third-order valence-corrected chi connectivity index (χ3v) is 4.51. The van der Waals surface area contributed by atoms with Gasteiger partial charge in [0.15, 0.2) is 0 Å². The molecule has 4 nitrogen and oxygen atoms in total. The van der Waals surface area contributed by atoms with Gasteiger partial charge in [0, 0.05) is 23.3 Å². The van der Waals surface area contributed by atoms with Crippen LogP contribution in [0.15, 0.2) is 36.4 Å². The molecule has 3 unspecified atom stereocenters. The van der Waals surface area contributed by atoms with Gasteiger partial charge >= 0.3 is 0 Å². The number of sulfonamides is 1. The molecule has 102 valence electrons. The topological polar surface area (TPSA) is 58.2 Å². The van der Waals surface area contributed by atoms with E-state index in [2.05, 4.69) is 22.2 Å². The van der Waals surface area contributed by atoms with Crippen LogP contribution in [-0.2, 0) is 10.0 Å². The Bertz CT molecular complexity index is 592. The first kappa shape index (κ1) is 12.5. The minimum atomic E-state index is -3.20. The van der Waals surface area contributed by atoms with Crippen molar-refractivity contribution in [3.05, 3.63) is 36.4 Å². The Morgan fingerprint density at radius 2 is 1.84 bits per heavy atom. The summed E-state index contributed by atoms with van der Waals surface area (Å²) in [6.45, 7) is 0. The first-order valence-corrected chi connectivity index (χ1v) is 8.41. The van der Waals surface area contributed by atoms with Crippen LogP contribution in [0.3, 0.4) is 0 Å². The number of rotatable bonds is 4. The second-order valence-electron chi connectivity index (χ2n) is 5.44. The summed E-state index contributed by atoms with van der Waals surface area (Å²) in [5.74, 6) is 1.51. The number of fused-ring (bicyclic) bond motifs is 1. The third-order valence-electron chi connectivity index (χ3n) is 3.90. The Labute approximate surface area is 114 Å². The molecule has 1 fully saturated rings. The minimum absolute atomic E-state index is 0.525. The second-order valence-corrected chi connectivity index (χ2v) is 7.19. The van der Waals surface area contributed by atoms with Crippen LogP contribution < -0.4 is 10.0 Å². The molecule has 1 aromatic rings. The van der Waals surface area contributed by atoms with Crippen LogP contribution in [0.25, 0.3) is 0 Å². The van der Waals surface area contributed by atoms with Crippen molar-refractivity contribution in [3.8, 4) is 0 Å². The number of anilines is 2. The van der Waals surface area contributed by atoms with E-state index < -0.39 is 10.0 Å². The van der Waals surface area contributed by atoms with Crippen LogP contribution in [0.1, 0.15) is 12.8 Å². The van der Waals surface area contributed by atoms with Crippen molar-refractivity contribution in [1.29, 1.82) is 0 Å². The lowest BCUT2D eigenvalue weighted by Crippen LogP contribution is -2.43. The summed E-state index contributed by atoms with van der Waals surface area (Å²) in [6, 6.07) is 7.92. The predicted molar refractivity (Wildman–Crippen MR) is 77.7 cm³/mol. The normalized spacial score (nSPS) is 28.6. The Hall–Kier alpha value is -1.49. The highest BCUT2D eigenvalue weighted by Crippen LogP contribution is 2.44. The average molecular weight is 278 g/mol. The van der Waals surface area contributed by atoms with Gasteiger partial charge in [0.25, 0.3) is 0 Å². The van der Waals surface area contributed by atoms with Crippen LogP contribution in [0.4, 0.5) is 11.4 Å². The number of benzene rings is 1. The van der Waals surface area contributed by atoms with Crippen LogP contribution in [0, 0.1) is 11.8 Å². The lowest BCUT2D eigenvalue weighted by molar-refractivity contribution is 0.218. The van der Waals surface area contributed by atoms with E-state index in [0.717, 1.165) is 17.9 Å². The Balaban J connectivity index is 1.62. The van der Waals surface area contributed by atoms with Gasteiger partial charge in [-0.05, 0) is 43.0 Å². The summed E-state index contributed by atoms with van der Waals surface area (Å²) in [5.41, 5.74) is 1.64. The van der Waals surface area contributed by atoms with Gasteiger partial charge in [-0.25, -0.2) is 8.42 Å². The maximum atomic E-state index is 11.1. The first-order valence-electron chi connectivity index (χ1n) is 6.52. The van der Waals surface area contributed by atoms with E-state index in [-0.39, 0.29) is 0 Å². The number of hydrogen-bond acceptors (Lipinski definition) is 3. The fraction of sp³-hybridized carbons (Fsp3) is 0.429. The molecule has 0 saturated heterocycles. The second kappa shape index (κ2) is 4.56. The molecule has 5 heteroatoms. The van der Waals surface area contributed by atoms with E-state index in [1.165, 1.54) is 12.8 Å². The van der Waals surface area contributed by atoms with Crippen molar-refractivity contribution in [1.82, 2.24) is 0 Å². The summed E-state index contributed by atoms with van der Waals surface area (Å²) >= 11 is 0. The van der Waals surface area contributed by atoms with Crippen LogP contribution in [0.5, 0.6) is 0 Å². The molecule has 2 aliphatic rings. The van der Waals surface area contributed by atoms with E-state index in [0.29, 0.717) is 17.6 Å². The zero-order valence-electron chi connectivity index (χ0n) is 10.8. The van der Waals surface area contributed by atoms with Crippen LogP contribution in [-0.4, -0.2) is 20.7 Å². The van der Waals surface area contributed by atoms with E-state index >= 15 is 0 Å². The van der Waals surface area contributed by atoms with Gasteiger partial charge in [0.1, 0.15) is 0 Å². The van der Waals surface area contributed by atoms with Gasteiger partial charge in [-0.3, -0.25) is 4.72 Å². The zero-order valence-corrected chi connectivity index (χ0v) is 11.7. The molecular formula is C14H18N2O2S. The van der Waals surface area contributed by atoms with Crippen molar-refractivity contribution in [2.75, 3.05) is 16.3 Å². The average Bonchev–Trinajstić information content (AvgIpc) is 2.68. The number of nitrogens with one attached hydrogen (secondary N) is 2. The van der Waals surface area contributed by atoms with Crippen molar-refractivity contribution in [2.45, 2.75) is 18.9 Å². The molecule has 0 aliphatic heterocycles. The molecular weight excluding hydrogens is 260 g/mol. The molecule has 2 aliphatic carbocycles. The lowest BCUT2D eigenvalue weighted by Gasteiger charge is -2.41. The van der Waals surface area contributed by atoms with Gasteiger partial charge in [0.2, 0.25) is 10.0 Å². The van der Waals surface area contributed by atoms with Crippen molar-refractivity contribution in [2.24, 2.45) is 11.8 Å². The largest absolute Gasteiger partial charge is 0.382 e. The summed E-state index contributed by atoms with van der Waals surface area (Å²) in [4.78, 5) is 0. The standard InChI is InChI=1S/C14H18N2O2S/c1-19(17,18)16-12-7-5-11(6-8-12)15-14-9-10-3-2-4-13(10)14/h2,4-8,10,13-16H,3,9H2,1H3. The Morgan fingerprint density at radius 1 is 1.16 bits per heavy atom.